The highest BCUT2D eigenvalue weighted by atomic mass is 19.4. The summed E-state index contributed by atoms with van der Waals surface area (Å²) >= 11 is 0. The second kappa shape index (κ2) is 5.60. The summed E-state index contributed by atoms with van der Waals surface area (Å²) < 4.78 is 51.5. The molecule has 1 heterocycles. The number of benzene rings is 1. The van der Waals surface area contributed by atoms with E-state index in [4.69, 9.17) is 0 Å². The summed E-state index contributed by atoms with van der Waals surface area (Å²) in [5.41, 5.74) is -0.907. The van der Waals surface area contributed by atoms with Gasteiger partial charge in [0, 0.05) is 25.2 Å². The van der Waals surface area contributed by atoms with Crippen molar-refractivity contribution in [2.24, 2.45) is 0 Å². The van der Waals surface area contributed by atoms with Gasteiger partial charge in [0.05, 0.1) is 11.3 Å². The second-order valence-electron chi connectivity index (χ2n) is 5.41. The maximum absolute atomic E-state index is 13.6. The molecule has 1 aliphatic heterocycles. The number of halogens is 4. The third kappa shape index (κ3) is 3.42. The maximum Gasteiger partial charge on any atom is 0.416 e. The van der Waals surface area contributed by atoms with Crippen LogP contribution in [0.2, 0.25) is 0 Å². The van der Waals surface area contributed by atoms with E-state index in [0.29, 0.717) is 12.6 Å². The summed E-state index contributed by atoms with van der Waals surface area (Å²) in [7, 11) is 0. The van der Waals surface area contributed by atoms with Gasteiger partial charge in [-0.15, -0.1) is 0 Å². The lowest BCUT2D eigenvalue weighted by Gasteiger charge is -2.21. The molecule has 1 N–H and O–H groups in total. The van der Waals surface area contributed by atoms with Crippen LogP contribution < -0.4 is 5.32 Å². The van der Waals surface area contributed by atoms with Crippen molar-refractivity contribution in [3.8, 4) is 0 Å². The molecule has 2 nitrogen and oxygen atoms in total. The molecular formula is C14H18F4N2. The van der Waals surface area contributed by atoms with Crippen molar-refractivity contribution in [3.05, 3.63) is 29.6 Å². The molecule has 0 saturated carbocycles. The monoisotopic (exact) mass is 290 g/mol. The summed E-state index contributed by atoms with van der Waals surface area (Å²) in [4.78, 5) is 2.21. The van der Waals surface area contributed by atoms with Crippen LogP contribution in [-0.4, -0.2) is 30.1 Å². The van der Waals surface area contributed by atoms with Crippen molar-refractivity contribution in [2.75, 3.05) is 18.4 Å². The van der Waals surface area contributed by atoms with Gasteiger partial charge in [0.1, 0.15) is 5.82 Å². The first kappa shape index (κ1) is 15.1. The Labute approximate surface area is 115 Å². The van der Waals surface area contributed by atoms with Crippen LogP contribution in [0.1, 0.15) is 25.8 Å². The first-order valence-electron chi connectivity index (χ1n) is 6.64. The van der Waals surface area contributed by atoms with Crippen molar-refractivity contribution in [3.63, 3.8) is 0 Å². The Morgan fingerprint density at radius 3 is 2.55 bits per heavy atom. The fraction of sp³-hybridized carbons (Fsp3) is 0.571. The maximum atomic E-state index is 13.6. The Morgan fingerprint density at radius 2 is 2.00 bits per heavy atom. The number of hydrogen-bond donors (Lipinski definition) is 1. The molecule has 1 aromatic rings. The molecule has 0 aromatic heterocycles. The number of hydrogen-bond acceptors (Lipinski definition) is 2. The summed E-state index contributed by atoms with van der Waals surface area (Å²) in [6, 6.07) is 2.83. The van der Waals surface area contributed by atoms with Gasteiger partial charge in [-0.2, -0.15) is 13.2 Å². The highest BCUT2D eigenvalue weighted by Gasteiger charge is 2.32. The Balaban J connectivity index is 2.10. The van der Waals surface area contributed by atoms with E-state index in [-0.39, 0.29) is 11.7 Å². The van der Waals surface area contributed by atoms with E-state index in [1.165, 1.54) is 0 Å². The Bertz CT molecular complexity index is 471. The highest BCUT2D eigenvalue weighted by molar-refractivity contribution is 5.49. The number of nitrogens with one attached hydrogen (secondary N) is 1. The van der Waals surface area contributed by atoms with E-state index in [0.717, 1.165) is 31.2 Å². The van der Waals surface area contributed by atoms with Gasteiger partial charge in [0.15, 0.2) is 0 Å². The minimum atomic E-state index is -4.45. The van der Waals surface area contributed by atoms with Crippen LogP contribution in [0, 0.1) is 5.82 Å². The predicted octanol–water partition coefficient (Wildman–Crippen LogP) is 3.74. The summed E-state index contributed by atoms with van der Waals surface area (Å²) in [5, 5.41) is 2.89. The van der Waals surface area contributed by atoms with Crippen molar-refractivity contribution in [1.82, 2.24) is 4.90 Å². The molecule has 0 radical (unpaired) electrons. The van der Waals surface area contributed by atoms with Gasteiger partial charge in [0.2, 0.25) is 0 Å². The normalized spacial score (nSPS) is 20.6. The molecule has 0 aliphatic carbocycles. The van der Waals surface area contributed by atoms with Crippen molar-refractivity contribution in [2.45, 2.75) is 38.5 Å². The minimum absolute atomic E-state index is 0.0182. The van der Waals surface area contributed by atoms with Crippen LogP contribution >= 0.6 is 0 Å². The Morgan fingerprint density at radius 1 is 1.30 bits per heavy atom. The molecule has 1 aliphatic rings. The quantitative estimate of drug-likeness (QED) is 0.853. The molecule has 6 heteroatoms. The standard InChI is InChI=1S/C14H18F4N2/c1-9(2)20-6-5-11(8-20)19-13-7-10(14(16,17)18)3-4-12(13)15/h3-4,7,9,11,19H,5-6,8H2,1-2H3. The van der Waals surface area contributed by atoms with E-state index >= 15 is 0 Å². The van der Waals surface area contributed by atoms with Gasteiger partial charge in [-0.1, -0.05) is 0 Å². The van der Waals surface area contributed by atoms with Crippen LogP contribution in [0.5, 0.6) is 0 Å². The topological polar surface area (TPSA) is 15.3 Å². The summed E-state index contributed by atoms with van der Waals surface area (Å²) in [6.45, 7) is 5.71. The van der Waals surface area contributed by atoms with Crippen LogP contribution in [0.4, 0.5) is 23.2 Å². The van der Waals surface area contributed by atoms with E-state index in [1.807, 2.05) is 0 Å². The lowest BCUT2D eigenvalue weighted by atomic mass is 10.1. The average molecular weight is 290 g/mol. The fourth-order valence-corrected chi connectivity index (χ4v) is 2.41. The van der Waals surface area contributed by atoms with Gasteiger partial charge in [-0.3, -0.25) is 4.90 Å². The molecule has 1 atom stereocenters. The molecule has 0 spiro atoms. The predicted molar refractivity (Wildman–Crippen MR) is 70.1 cm³/mol. The van der Waals surface area contributed by atoms with Gasteiger partial charge in [0.25, 0.3) is 0 Å². The van der Waals surface area contributed by atoms with E-state index in [2.05, 4.69) is 24.1 Å². The van der Waals surface area contributed by atoms with Gasteiger partial charge < -0.3 is 5.32 Å². The zero-order chi connectivity index (χ0) is 14.9. The zero-order valence-electron chi connectivity index (χ0n) is 11.5. The molecular weight excluding hydrogens is 272 g/mol. The molecule has 112 valence electrons. The smallest absolute Gasteiger partial charge is 0.379 e. The zero-order valence-corrected chi connectivity index (χ0v) is 11.5. The first-order chi connectivity index (χ1) is 9.27. The molecule has 1 fully saturated rings. The molecule has 2 rings (SSSR count). The third-order valence-electron chi connectivity index (χ3n) is 3.60. The third-order valence-corrected chi connectivity index (χ3v) is 3.60. The van der Waals surface area contributed by atoms with Crippen LogP contribution in [0.3, 0.4) is 0 Å². The fourth-order valence-electron chi connectivity index (χ4n) is 2.41. The second-order valence-corrected chi connectivity index (χ2v) is 5.41. The molecule has 0 amide bonds. The molecule has 1 aromatic carbocycles. The lowest BCUT2D eigenvalue weighted by Crippen LogP contribution is -2.31. The molecule has 20 heavy (non-hydrogen) atoms. The average Bonchev–Trinajstić information content (AvgIpc) is 2.79. The summed E-state index contributed by atoms with van der Waals surface area (Å²) in [6.07, 6.45) is -3.66. The van der Waals surface area contributed by atoms with Crippen molar-refractivity contribution in [1.29, 1.82) is 0 Å². The van der Waals surface area contributed by atoms with Crippen LogP contribution in [-0.2, 0) is 6.18 Å². The number of nitrogens with zero attached hydrogens (tertiary/aromatic N) is 1. The minimum Gasteiger partial charge on any atom is -0.379 e. The largest absolute Gasteiger partial charge is 0.416 e. The lowest BCUT2D eigenvalue weighted by molar-refractivity contribution is -0.137. The van der Waals surface area contributed by atoms with Gasteiger partial charge in [-0.25, -0.2) is 4.39 Å². The SMILES string of the molecule is CC(C)N1CCC(Nc2cc(C(F)(F)F)ccc2F)C1. The van der Waals surface area contributed by atoms with Gasteiger partial charge in [-0.05, 0) is 38.5 Å². The highest BCUT2D eigenvalue weighted by Crippen LogP contribution is 2.32. The molecule has 1 unspecified atom stereocenters. The first-order valence-corrected chi connectivity index (χ1v) is 6.64. The van der Waals surface area contributed by atoms with Gasteiger partial charge >= 0.3 is 6.18 Å². The van der Waals surface area contributed by atoms with Crippen LogP contribution in [0.15, 0.2) is 18.2 Å². The number of likely N-dealkylation sites (tertiary alicyclic amines) is 1. The van der Waals surface area contributed by atoms with Crippen molar-refractivity contribution >= 4 is 5.69 Å². The van der Waals surface area contributed by atoms with Crippen LogP contribution in [0.25, 0.3) is 0 Å². The molecule has 1 saturated heterocycles. The Hall–Kier alpha value is -1.30. The number of alkyl halides is 3. The van der Waals surface area contributed by atoms with E-state index in [9.17, 15) is 17.6 Å². The van der Waals surface area contributed by atoms with E-state index in [1.54, 1.807) is 0 Å². The van der Waals surface area contributed by atoms with Crippen molar-refractivity contribution < 1.29 is 17.6 Å². The number of anilines is 1. The molecule has 0 bridgehead atoms. The number of rotatable bonds is 3. The summed E-state index contributed by atoms with van der Waals surface area (Å²) in [5.74, 6) is -0.652. The Kier molecular flexibility index (Phi) is 4.22. The van der Waals surface area contributed by atoms with E-state index < -0.39 is 17.6 Å².